The highest BCUT2D eigenvalue weighted by atomic mass is 35.5. The summed E-state index contributed by atoms with van der Waals surface area (Å²) in [7, 11) is 0. The second-order valence-corrected chi connectivity index (χ2v) is 5.93. The minimum absolute atomic E-state index is 0.0851. The zero-order valence-electron chi connectivity index (χ0n) is 10.6. The van der Waals surface area contributed by atoms with Crippen molar-refractivity contribution in [3.05, 3.63) is 23.2 Å². The van der Waals surface area contributed by atoms with Gasteiger partial charge in [0.1, 0.15) is 0 Å². The van der Waals surface area contributed by atoms with Crippen LogP contribution in [0.4, 0.5) is 5.95 Å². The van der Waals surface area contributed by atoms with Gasteiger partial charge < -0.3 is 10.3 Å². The monoisotopic (exact) mass is 263 g/mol. The Balaban J connectivity index is 2.20. The molecule has 0 atom stereocenters. The minimum atomic E-state index is 0.0851. The van der Waals surface area contributed by atoms with Gasteiger partial charge in [0.25, 0.3) is 0 Å². The molecule has 0 unspecified atom stereocenters. The summed E-state index contributed by atoms with van der Waals surface area (Å²) < 4.78 is 2.19. The van der Waals surface area contributed by atoms with Gasteiger partial charge in [0.15, 0.2) is 0 Å². The molecule has 0 radical (unpaired) electrons. The Morgan fingerprint density at radius 3 is 2.72 bits per heavy atom. The van der Waals surface area contributed by atoms with E-state index in [1.807, 2.05) is 18.2 Å². The molecule has 1 aliphatic carbocycles. The fraction of sp³-hybridized carbons (Fsp3) is 0.500. The molecule has 0 spiro atoms. The van der Waals surface area contributed by atoms with Gasteiger partial charge in [-0.2, -0.15) is 0 Å². The van der Waals surface area contributed by atoms with Crippen LogP contribution in [0.25, 0.3) is 11.0 Å². The van der Waals surface area contributed by atoms with E-state index in [-0.39, 0.29) is 5.54 Å². The number of benzene rings is 1. The van der Waals surface area contributed by atoms with Gasteiger partial charge in [-0.25, -0.2) is 4.98 Å². The molecule has 1 saturated carbocycles. The lowest BCUT2D eigenvalue weighted by Crippen LogP contribution is -2.33. The maximum atomic E-state index is 6.13. The first kappa shape index (κ1) is 11.8. The number of nitrogens with two attached hydrogens (primary N) is 1. The predicted octanol–water partition coefficient (Wildman–Crippen LogP) is 3.95. The maximum Gasteiger partial charge on any atom is 0.201 e. The third-order valence-electron chi connectivity index (χ3n) is 4.11. The summed E-state index contributed by atoms with van der Waals surface area (Å²) >= 11 is 6.10. The molecule has 1 aromatic carbocycles. The quantitative estimate of drug-likeness (QED) is 0.847. The van der Waals surface area contributed by atoms with Crippen molar-refractivity contribution in [3.63, 3.8) is 0 Å². The van der Waals surface area contributed by atoms with Crippen LogP contribution in [-0.2, 0) is 5.54 Å². The van der Waals surface area contributed by atoms with Crippen molar-refractivity contribution in [2.45, 2.75) is 44.6 Å². The molecule has 1 fully saturated rings. The Hall–Kier alpha value is -1.22. The van der Waals surface area contributed by atoms with Crippen LogP contribution < -0.4 is 5.73 Å². The van der Waals surface area contributed by atoms with Crippen molar-refractivity contribution in [3.8, 4) is 0 Å². The first-order chi connectivity index (χ1) is 8.60. The average molecular weight is 264 g/mol. The number of aromatic nitrogens is 2. The number of hydrogen-bond donors (Lipinski definition) is 1. The Labute approximate surface area is 112 Å². The number of rotatable bonds is 1. The van der Waals surface area contributed by atoms with Crippen molar-refractivity contribution >= 4 is 28.6 Å². The van der Waals surface area contributed by atoms with Crippen molar-refractivity contribution in [1.29, 1.82) is 0 Å². The maximum absolute atomic E-state index is 6.13. The van der Waals surface area contributed by atoms with Crippen LogP contribution in [-0.4, -0.2) is 9.55 Å². The van der Waals surface area contributed by atoms with Gasteiger partial charge in [0, 0.05) is 10.6 Å². The van der Waals surface area contributed by atoms with E-state index in [2.05, 4.69) is 16.5 Å². The largest absolute Gasteiger partial charge is 0.369 e. The zero-order valence-corrected chi connectivity index (χ0v) is 11.4. The summed E-state index contributed by atoms with van der Waals surface area (Å²) in [5.74, 6) is 0.608. The number of nitrogen functional groups attached to an aromatic ring is 1. The number of hydrogen-bond acceptors (Lipinski definition) is 2. The Kier molecular flexibility index (Phi) is 2.74. The Morgan fingerprint density at radius 2 is 2.00 bits per heavy atom. The van der Waals surface area contributed by atoms with Gasteiger partial charge in [-0.1, -0.05) is 30.9 Å². The Bertz CT molecular complexity index is 582. The molecular weight excluding hydrogens is 246 g/mol. The molecule has 96 valence electrons. The van der Waals surface area contributed by atoms with Crippen molar-refractivity contribution in [1.82, 2.24) is 9.55 Å². The number of nitrogens with zero attached hydrogens (tertiary/aromatic N) is 2. The molecule has 1 aromatic heterocycles. The molecule has 0 aliphatic heterocycles. The van der Waals surface area contributed by atoms with Crippen molar-refractivity contribution in [2.75, 3.05) is 5.73 Å². The predicted molar refractivity (Wildman–Crippen MR) is 75.9 cm³/mol. The molecule has 3 nitrogen and oxygen atoms in total. The molecule has 18 heavy (non-hydrogen) atoms. The van der Waals surface area contributed by atoms with Crippen LogP contribution in [0.2, 0.25) is 5.02 Å². The standard InChI is InChI=1S/C14H18ClN3/c1-14(7-3-2-4-8-14)18-12-9-10(15)5-6-11(12)17-13(18)16/h5-6,9H,2-4,7-8H2,1H3,(H2,16,17). The van der Waals surface area contributed by atoms with Crippen LogP contribution >= 0.6 is 11.6 Å². The molecule has 0 saturated heterocycles. The lowest BCUT2D eigenvalue weighted by Gasteiger charge is -2.36. The topological polar surface area (TPSA) is 43.8 Å². The zero-order chi connectivity index (χ0) is 12.8. The second-order valence-electron chi connectivity index (χ2n) is 5.50. The van der Waals surface area contributed by atoms with E-state index in [9.17, 15) is 0 Å². The minimum Gasteiger partial charge on any atom is -0.369 e. The van der Waals surface area contributed by atoms with Crippen LogP contribution in [0.3, 0.4) is 0 Å². The highest BCUT2D eigenvalue weighted by Crippen LogP contribution is 2.39. The molecule has 3 rings (SSSR count). The number of anilines is 1. The molecule has 0 bridgehead atoms. The first-order valence-electron chi connectivity index (χ1n) is 6.54. The molecule has 1 aliphatic rings. The second kappa shape index (κ2) is 4.16. The van der Waals surface area contributed by atoms with E-state index in [1.54, 1.807) is 0 Å². The lowest BCUT2D eigenvalue weighted by molar-refractivity contribution is 0.228. The van der Waals surface area contributed by atoms with Crippen molar-refractivity contribution < 1.29 is 0 Å². The van der Waals surface area contributed by atoms with E-state index < -0.39 is 0 Å². The Morgan fingerprint density at radius 1 is 1.28 bits per heavy atom. The highest BCUT2D eigenvalue weighted by Gasteiger charge is 2.31. The average Bonchev–Trinajstić information content (AvgIpc) is 2.66. The van der Waals surface area contributed by atoms with Gasteiger partial charge in [-0.15, -0.1) is 0 Å². The smallest absolute Gasteiger partial charge is 0.201 e. The summed E-state index contributed by atoms with van der Waals surface area (Å²) in [6.45, 7) is 2.28. The van der Waals surface area contributed by atoms with Gasteiger partial charge >= 0.3 is 0 Å². The van der Waals surface area contributed by atoms with E-state index in [4.69, 9.17) is 17.3 Å². The normalized spacial score (nSPS) is 19.2. The SMILES string of the molecule is CC1(n2c(N)nc3ccc(Cl)cc32)CCCCC1. The highest BCUT2D eigenvalue weighted by molar-refractivity contribution is 6.31. The van der Waals surface area contributed by atoms with Crippen LogP contribution in [0.15, 0.2) is 18.2 Å². The van der Waals surface area contributed by atoms with E-state index in [0.29, 0.717) is 5.95 Å². The fourth-order valence-corrected chi connectivity index (χ4v) is 3.34. The number of imidazole rings is 1. The van der Waals surface area contributed by atoms with Crippen LogP contribution in [0, 0.1) is 0 Å². The number of fused-ring (bicyclic) bond motifs is 1. The fourth-order valence-electron chi connectivity index (χ4n) is 3.17. The first-order valence-corrected chi connectivity index (χ1v) is 6.92. The summed E-state index contributed by atoms with van der Waals surface area (Å²) in [6, 6.07) is 5.78. The third kappa shape index (κ3) is 1.77. The van der Waals surface area contributed by atoms with Gasteiger partial charge in [-0.3, -0.25) is 0 Å². The van der Waals surface area contributed by atoms with Crippen molar-refractivity contribution in [2.24, 2.45) is 0 Å². The molecule has 4 heteroatoms. The van der Waals surface area contributed by atoms with Crippen LogP contribution in [0.1, 0.15) is 39.0 Å². The third-order valence-corrected chi connectivity index (χ3v) is 4.35. The summed E-state index contributed by atoms with van der Waals surface area (Å²) in [4.78, 5) is 4.46. The van der Waals surface area contributed by atoms with Crippen LogP contribution in [0.5, 0.6) is 0 Å². The van der Waals surface area contributed by atoms with Gasteiger partial charge in [0.05, 0.1) is 11.0 Å². The molecule has 0 amide bonds. The molecule has 2 aromatic rings. The van der Waals surface area contributed by atoms with Gasteiger partial charge in [-0.05, 0) is 38.0 Å². The van der Waals surface area contributed by atoms with E-state index >= 15 is 0 Å². The van der Waals surface area contributed by atoms with E-state index in [1.165, 1.54) is 19.3 Å². The van der Waals surface area contributed by atoms with E-state index in [0.717, 1.165) is 28.9 Å². The summed E-state index contributed by atoms with van der Waals surface area (Å²) in [6.07, 6.45) is 6.17. The molecule has 1 heterocycles. The van der Waals surface area contributed by atoms with Gasteiger partial charge in [0.2, 0.25) is 5.95 Å². The lowest BCUT2D eigenvalue weighted by atomic mass is 9.83. The summed E-state index contributed by atoms with van der Waals surface area (Å²) in [5, 5.41) is 0.739. The molecule has 2 N–H and O–H groups in total. The number of halogens is 1. The summed E-state index contributed by atoms with van der Waals surface area (Å²) in [5.41, 5.74) is 8.21. The molecular formula is C14H18ClN3.